The number of carbonyl (C=O) groups is 1. The van der Waals surface area contributed by atoms with Crippen LogP contribution in [0.3, 0.4) is 0 Å². The Bertz CT molecular complexity index is 893. The van der Waals surface area contributed by atoms with Gasteiger partial charge in [0.15, 0.2) is 11.4 Å². The smallest absolute Gasteiger partial charge is 0.243 e. The molecule has 0 saturated carbocycles. The van der Waals surface area contributed by atoms with E-state index in [0.717, 1.165) is 16.3 Å². The van der Waals surface area contributed by atoms with Crippen LogP contribution < -0.4 is 16.4 Å². The summed E-state index contributed by atoms with van der Waals surface area (Å²) in [6.07, 6.45) is 11.1. The summed E-state index contributed by atoms with van der Waals surface area (Å²) in [4.78, 5) is 21.6. The summed E-state index contributed by atoms with van der Waals surface area (Å²) in [5.74, 6) is 0.636. The van der Waals surface area contributed by atoms with Gasteiger partial charge in [-0.2, -0.15) is 0 Å². The number of nitrogens with one attached hydrogen (secondary N) is 2. The summed E-state index contributed by atoms with van der Waals surface area (Å²) in [7, 11) is 1.87. The highest BCUT2D eigenvalue weighted by Crippen LogP contribution is 2.29. The first kappa shape index (κ1) is 23.6. The Morgan fingerprint density at radius 1 is 1.43 bits per heavy atom. The monoisotopic (exact) mass is 432 g/mol. The van der Waals surface area contributed by atoms with Crippen molar-refractivity contribution in [2.75, 3.05) is 5.32 Å². The average molecular weight is 433 g/mol. The van der Waals surface area contributed by atoms with E-state index < -0.39 is 6.04 Å². The Kier molecular flexibility index (Phi) is 8.19. The second-order valence-corrected chi connectivity index (χ2v) is 8.78. The van der Waals surface area contributed by atoms with E-state index in [1.165, 1.54) is 11.3 Å². The summed E-state index contributed by atoms with van der Waals surface area (Å²) < 4.78 is 7.68. The van der Waals surface area contributed by atoms with Gasteiger partial charge < -0.3 is 25.7 Å². The predicted octanol–water partition coefficient (Wildman–Crippen LogP) is 3.26. The van der Waals surface area contributed by atoms with Gasteiger partial charge in [0.05, 0.1) is 18.1 Å². The minimum atomic E-state index is -0.684. The molecule has 1 amide bonds. The van der Waals surface area contributed by atoms with Crippen molar-refractivity contribution >= 4 is 28.5 Å². The fourth-order valence-corrected chi connectivity index (χ4v) is 3.28. The molecule has 0 saturated heterocycles. The fraction of sp³-hybridized carbons (Fsp3) is 0.476. The molecule has 0 fully saturated rings. The number of thiazole rings is 1. The second kappa shape index (κ2) is 10.4. The van der Waals surface area contributed by atoms with Crippen LogP contribution in [-0.2, 0) is 23.0 Å². The molecule has 8 nitrogen and oxygen atoms in total. The molecule has 0 radical (unpaired) electrons. The molecular weight excluding hydrogens is 400 g/mol. The van der Waals surface area contributed by atoms with Crippen molar-refractivity contribution in [1.82, 2.24) is 19.9 Å². The molecule has 4 N–H and O–H groups in total. The number of hydrogen-bond donors (Lipinski definition) is 3. The molecule has 1 aliphatic heterocycles. The molecule has 0 aromatic carbocycles. The van der Waals surface area contributed by atoms with Gasteiger partial charge in [-0.15, -0.1) is 0 Å². The number of imidazole rings is 1. The Labute approximate surface area is 182 Å². The van der Waals surface area contributed by atoms with Gasteiger partial charge in [0, 0.05) is 42.4 Å². The largest absolute Gasteiger partial charge is 0.469 e. The van der Waals surface area contributed by atoms with Gasteiger partial charge in [-0.25, -0.2) is 9.97 Å². The molecule has 3 heterocycles. The first-order chi connectivity index (χ1) is 14.2. The maximum atomic E-state index is 12.3. The molecule has 2 unspecified atom stereocenters. The number of rotatable bonds is 6. The maximum absolute atomic E-state index is 12.3. The molecule has 30 heavy (non-hydrogen) atoms. The van der Waals surface area contributed by atoms with E-state index in [2.05, 4.69) is 41.4 Å². The average Bonchev–Trinajstić information content (AvgIpc) is 3.42. The van der Waals surface area contributed by atoms with E-state index in [1.807, 2.05) is 50.0 Å². The fourth-order valence-electron chi connectivity index (χ4n) is 2.54. The number of carbonyl (C=O) groups excluding carboxylic acids is 1. The van der Waals surface area contributed by atoms with Crippen molar-refractivity contribution in [2.45, 2.75) is 53.3 Å². The number of amides is 1. The van der Waals surface area contributed by atoms with Gasteiger partial charge in [0.25, 0.3) is 0 Å². The van der Waals surface area contributed by atoms with Gasteiger partial charge in [-0.05, 0) is 12.2 Å². The topological polar surface area (TPSA) is 107 Å². The molecular formula is C21H32N6O2S. The third-order valence-corrected chi connectivity index (χ3v) is 4.96. The van der Waals surface area contributed by atoms with Gasteiger partial charge in [0.1, 0.15) is 5.76 Å². The number of nitrogens with two attached hydrogens (primary N) is 1. The van der Waals surface area contributed by atoms with Crippen LogP contribution in [-0.4, -0.2) is 32.7 Å². The van der Waals surface area contributed by atoms with Gasteiger partial charge >= 0.3 is 0 Å². The summed E-state index contributed by atoms with van der Waals surface area (Å²) in [6, 6.07) is -0.684. The normalized spacial score (nSPS) is 16.9. The van der Waals surface area contributed by atoms with E-state index in [0.29, 0.717) is 11.6 Å². The van der Waals surface area contributed by atoms with Crippen LogP contribution in [0, 0.1) is 5.41 Å². The quantitative estimate of drug-likeness (QED) is 0.647. The first-order valence-electron chi connectivity index (χ1n) is 10.0. The number of aryl methyl sites for hydroxylation is 1. The lowest BCUT2D eigenvalue weighted by molar-refractivity contribution is -0.117. The predicted molar refractivity (Wildman–Crippen MR) is 122 cm³/mol. The van der Waals surface area contributed by atoms with Crippen LogP contribution in [0.1, 0.15) is 45.2 Å². The highest BCUT2D eigenvalue weighted by Gasteiger charge is 2.25. The van der Waals surface area contributed by atoms with Crippen molar-refractivity contribution < 1.29 is 9.53 Å². The molecule has 2 atom stereocenters. The molecule has 3 rings (SSSR count). The molecule has 0 aliphatic carbocycles. The van der Waals surface area contributed by atoms with Crippen molar-refractivity contribution in [1.29, 1.82) is 0 Å². The van der Waals surface area contributed by atoms with E-state index in [9.17, 15) is 4.79 Å². The lowest BCUT2D eigenvalue weighted by Crippen LogP contribution is -2.37. The minimum absolute atomic E-state index is 0.0361. The second-order valence-electron chi connectivity index (χ2n) is 7.72. The lowest BCUT2D eigenvalue weighted by atomic mass is 9.95. The molecule has 9 heteroatoms. The number of hydrogen-bond acceptors (Lipinski definition) is 7. The molecule has 1 aliphatic rings. The molecule has 2 aromatic rings. The first-order valence-corrected chi connectivity index (χ1v) is 10.8. The van der Waals surface area contributed by atoms with Crippen LogP contribution in [0.25, 0.3) is 6.08 Å². The van der Waals surface area contributed by atoms with Crippen LogP contribution in [0.15, 0.2) is 36.8 Å². The zero-order valence-electron chi connectivity index (χ0n) is 18.5. The third kappa shape index (κ3) is 6.70. The van der Waals surface area contributed by atoms with Gasteiger partial charge in [-0.1, -0.05) is 46.0 Å². The summed E-state index contributed by atoms with van der Waals surface area (Å²) in [5.41, 5.74) is 6.72. The van der Waals surface area contributed by atoms with Crippen molar-refractivity contribution in [3.63, 3.8) is 0 Å². The lowest BCUT2D eigenvalue weighted by Gasteiger charge is -2.20. The minimum Gasteiger partial charge on any atom is -0.469 e. The van der Waals surface area contributed by atoms with Crippen molar-refractivity contribution in [3.8, 4) is 0 Å². The highest BCUT2D eigenvalue weighted by atomic mass is 32.1. The number of aromatic nitrogens is 3. The Balaban J connectivity index is 0.00000155. The SMILES string of the molecule is CC.Cn1cnc(CC(N)C(=O)Nc2ncc(/C=C/C3NC=C(C(C)(C)C)O3)s2)c1. The van der Waals surface area contributed by atoms with Crippen molar-refractivity contribution in [3.05, 3.63) is 47.3 Å². The van der Waals surface area contributed by atoms with Crippen LogP contribution in [0.2, 0.25) is 0 Å². The summed E-state index contributed by atoms with van der Waals surface area (Å²) in [6.45, 7) is 10.3. The van der Waals surface area contributed by atoms with E-state index in [4.69, 9.17) is 10.5 Å². The molecule has 0 bridgehead atoms. The number of anilines is 1. The third-order valence-electron chi connectivity index (χ3n) is 4.08. The zero-order chi connectivity index (χ0) is 22.3. The van der Waals surface area contributed by atoms with Crippen LogP contribution >= 0.6 is 11.3 Å². The highest BCUT2D eigenvalue weighted by molar-refractivity contribution is 7.16. The maximum Gasteiger partial charge on any atom is 0.243 e. The van der Waals surface area contributed by atoms with Crippen LogP contribution in [0.4, 0.5) is 5.13 Å². The summed E-state index contributed by atoms with van der Waals surface area (Å²) >= 11 is 1.37. The molecule has 0 spiro atoms. The molecule has 164 valence electrons. The number of ether oxygens (including phenoxy) is 1. The number of allylic oxidation sites excluding steroid dienone is 1. The Hall–Kier alpha value is -2.65. The van der Waals surface area contributed by atoms with Crippen molar-refractivity contribution in [2.24, 2.45) is 18.2 Å². The Morgan fingerprint density at radius 3 is 2.77 bits per heavy atom. The van der Waals surface area contributed by atoms with E-state index in [1.54, 1.807) is 12.5 Å². The zero-order valence-corrected chi connectivity index (χ0v) is 19.3. The van der Waals surface area contributed by atoms with E-state index >= 15 is 0 Å². The van der Waals surface area contributed by atoms with Gasteiger partial charge in [0.2, 0.25) is 5.91 Å². The number of nitrogens with zero attached hydrogens (tertiary/aromatic N) is 3. The Morgan fingerprint density at radius 2 is 2.17 bits per heavy atom. The molecule has 2 aromatic heterocycles. The standard InChI is InChI=1S/C19H26N6O2S.C2H6/c1-19(2,3)15-9-21-16(27-15)6-5-13-8-22-18(28-13)24-17(26)14(20)7-12-10-25(4)11-23-12;1-2/h5-6,8-11,14,16,21H,7,20H2,1-4H3,(H,22,24,26);1-2H3/b6-5+;. The van der Waals surface area contributed by atoms with Gasteiger partial charge in [-0.3, -0.25) is 4.79 Å². The van der Waals surface area contributed by atoms with Crippen LogP contribution in [0.5, 0.6) is 0 Å². The summed E-state index contributed by atoms with van der Waals surface area (Å²) in [5, 5.41) is 6.45. The van der Waals surface area contributed by atoms with E-state index in [-0.39, 0.29) is 17.6 Å².